The van der Waals surface area contributed by atoms with E-state index in [1.165, 1.54) is 16.7 Å². The number of pyridine rings is 1. The Balaban J connectivity index is 1.13. The molecule has 39 heavy (non-hydrogen) atoms. The molecule has 4 aromatic heterocycles. The molecule has 7 aromatic rings. The van der Waals surface area contributed by atoms with E-state index in [-0.39, 0.29) is 0 Å². The summed E-state index contributed by atoms with van der Waals surface area (Å²) in [7, 11) is 0. The molecule has 0 amide bonds. The van der Waals surface area contributed by atoms with Crippen LogP contribution in [0.3, 0.4) is 0 Å². The minimum atomic E-state index is 0.726. The van der Waals surface area contributed by atoms with E-state index in [2.05, 4.69) is 86.6 Å². The van der Waals surface area contributed by atoms with Crippen LogP contribution in [0, 0.1) is 0 Å². The Morgan fingerprint density at radius 3 is 2.54 bits per heavy atom. The monoisotopic (exact) mass is 507 g/mol. The standard InChI is InChI=1S/C32H25N7/c1-2-27-26-12-9-22(20-30(26)35-34-27)18-21-8-11-25-23(16-17-33-29(25)19-21)10-14-31-36-37-32-15-13-28(38-39(31)32)24-6-4-3-5-7-24/h2-9,11-13,15-17,19-20H,1,10,14,18H2,(H,34,35). The lowest BCUT2D eigenvalue weighted by Gasteiger charge is -2.08. The molecule has 0 atom stereocenters. The molecule has 0 aliphatic carbocycles. The fourth-order valence-electron chi connectivity index (χ4n) is 5.17. The van der Waals surface area contributed by atoms with Crippen molar-refractivity contribution in [3.8, 4) is 11.3 Å². The van der Waals surface area contributed by atoms with Crippen LogP contribution in [0.4, 0.5) is 0 Å². The summed E-state index contributed by atoms with van der Waals surface area (Å²) >= 11 is 0. The molecule has 0 unspecified atom stereocenters. The average molecular weight is 508 g/mol. The summed E-state index contributed by atoms with van der Waals surface area (Å²) in [4.78, 5) is 4.68. The van der Waals surface area contributed by atoms with Crippen molar-refractivity contribution in [3.05, 3.63) is 126 Å². The predicted molar refractivity (Wildman–Crippen MR) is 154 cm³/mol. The molecule has 3 aromatic carbocycles. The van der Waals surface area contributed by atoms with Crippen LogP contribution in [-0.4, -0.2) is 35.0 Å². The van der Waals surface area contributed by atoms with E-state index in [0.29, 0.717) is 0 Å². The van der Waals surface area contributed by atoms with Crippen molar-refractivity contribution < 1.29 is 0 Å². The van der Waals surface area contributed by atoms with Gasteiger partial charge in [0.1, 0.15) is 0 Å². The number of H-pyrrole nitrogens is 1. The van der Waals surface area contributed by atoms with E-state index in [0.717, 1.165) is 69.5 Å². The summed E-state index contributed by atoms with van der Waals surface area (Å²) in [5, 5.41) is 23.3. The number of aromatic amines is 1. The van der Waals surface area contributed by atoms with Gasteiger partial charge in [0.15, 0.2) is 11.5 Å². The molecule has 0 spiro atoms. The zero-order chi connectivity index (χ0) is 26.2. The maximum absolute atomic E-state index is 4.82. The summed E-state index contributed by atoms with van der Waals surface area (Å²) < 4.78 is 1.86. The highest BCUT2D eigenvalue weighted by Crippen LogP contribution is 2.24. The number of aryl methyl sites for hydroxylation is 2. The molecule has 0 aliphatic rings. The molecule has 7 nitrogen and oxygen atoms in total. The molecular formula is C32H25N7. The summed E-state index contributed by atoms with van der Waals surface area (Å²) in [5.74, 6) is 0.846. The van der Waals surface area contributed by atoms with Gasteiger partial charge in [0.2, 0.25) is 0 Å². The van der Waals surface area contributed by atoms with Crippen LogP contribution in [-0.2, 0) is 19.3 Å². The second-order valence-corrected chi connectivity index (χ2v) is 9.66. The van der Waals surface area contributed by atoms with Crippen LogP contribution in [0.15, 0.2) is 97.7 Å². The van der Waals surface area contributed by atoms with E-state index >= 15 is 0 Å². The summed E-state index contributed by atoms with van der Waals surface area (Å²) in [5.41, 5.74) is 9.30. The first kappa shape index (κ1) is 23.0. The van der Waals surface area contributed by atoms with Crippen LogP contribution in [0.5, 0.6) is 0 Å². The van der Waals surface area contributed by atoms with Crippen LogP contribution in [0.25, 0.3) is 44.8 Å². The molecule has 0 aliphatic heterocycles. The van der Waals surface area contributed by atoms with Gasteiger partial charge >= 0.3 is 0 Å². The normalized spacial score (nSPS) is 11.5. The van der Waals surface area contributed by atoms with E-state index in [4.69, 9.17) is 5.10 Å². The molecule has 0 fully saturated rings. The van der Waals surface area contributed by atoms with E-state index in [9.17, 15) is 0 Å². The van der Waals surface area contributed by atoms with Gasteiger partial charge in [0.05, 0.1) is 22.4 Å². The van der Waals surface area contributed by atoms with Crippen LogP contribution >= 0.6 is 0 Å². The predicted octanol–water partition coefficient (Wildman–Crippen LogP) is 6.23. The third-order valence-electron chi connectivity index (χ3n) is 7.17. The lowest BCUT2D eigenvalue weighted by molar-refractivity contribution is 0.788. The summed E-state index contributed by atoms with van der Waals surface area (Å²) in [6, 6.07) is 29.2. The van der Waals surface area contributed by atoms with Gasteiger partial charge in [-0.2, -0.15) is 14.7 Å². The van der Waals surface area contributed by atoms with Crippen molar-refractivity contribution in [1.82, 2.24) is 35.0 Å². The number of benzene rings is 3. The van der Waals surface area contributed by atoms with Gasteiger partial charge < -0.3 is 0 Å². The van der Waals surface area contributed by atoms with E-state index in [1.54, 1.807) is 6.08 Å². The van der Waals surface area contributed by atoms with Gasteiger partial charge in [-0.15, -0.1) is 10.2 Å². The number of nitrogens with zero attached hydrogens (tertiary/aromatic N) is 6. The Morgan fingerprint density at radius 1 is 0.821 bits per heavy atom. The van der Waals surface area contributed by atoms with Crippen molar-refractivity contribution >= 4 is 33.5 Å². The van der Waals surface area contributed by atoms with E-state index < -0.39 is 0 Å². The topological polar surface area (TPSA) is 84.6 Å². The average Bonchev–Trinajstić information content (AvgIpc) is 3.59. The Hall–Kier alpha value is -5.17. The third-order valence-corrected chi connectivity index (χ3v) is 7.17. The molecule has 7 heteroatoms. The van der Waals surface area contributed by atoms with Crippen molar-refractivity contribution in [1.29, 1.82) is 0 Å². The molecule has 4 heterocycles. The Kier molecular flexibility index (Phi) is 5.66. The molecule has 0 bridgehead atoms. The van der Waals surface area contributed by atoms with Gasteiger partial charge in [0.25, 0.3) is 0 Å². The molecule has 0 saturated carbocycles. The molecule has 0 radical (unpaired) electrons. The fraction of sp³-hybridized carbons (Fsp3) is 0.0938. The van der Waals surface area contributed by atoms with Crippen LogP contribution in [0.2, 0.25) is 0 Å². The lowest BCUT2D eigenvalue weighted by Crippen LogP contribution is -2.03. The lowest BCUT2D eigenvalue weighted by atomic mass is 9.99. The highest BCUT2D eigenvalue weighted by atomic mass is 15.4. The second-order valence-electron chi connectivity index (χ2n) is 9.66. The quantitative estimate of drug-likeness (QED) is 0.276. The van der Waals surface area contributed by atoms with Crippen molar-refractivity contribution in [2.75, 3.05) is 0 Å². The van der Waals surface area contributed by atoms with Gasteiger partial charge in [-0.25, -0.2) is 0 Å². The zero-order valence-corrected chi connectivity index (χ0v) is 21.2. The van der Waals surface area contributed by atoms with Crippen molar-refractivity contribution in [2.24, 2.45) is 0 Å². The highest BCUT2D eigenvalue weighted by Gasteiger charge is 2.11. The number of rotatable bonds is 7. The summed E-state index contributed by atoms with van der Waals surface area (Å²) in [6.45, 7) is 3.83. The fourth-order valence-corrected chi connectivity index (χ4v) is 5.17. The Morgan fingerprint density at radius 2 is 1.67 bits per heavy atom. The van der Waals surface area contributed by atoms with Gasteiger partial charge in [-0.05, 0) is 65.9 Å². The highest BCUT2D eigenvalue weighted by molar-refractivity contribution is 5.87. The summed E-state index contributed by atoms with van der Waals surface area (Å²) in [6.07, 6.45) is 6.03. The first-order valence-electron chi connectivity index (χ1n) is 13.0. The number of aromatic nitrogens is 7. The second kappa shape index (κ2) is 9.61. The van der Waals surface area contributed by atoms with Gasteiger partial charge in [-0.3, -0.25) is 10.1 Å². The minimum Gasteiger partial charge on any atom is -0.277 e. The van der Waals surface area contributed by atoms with Crippen LogP contribution < -0.4 is 0 Å². The maximum atomic E-state index is 4.82. The minimum absolute atomic E-state index is 0.726. The smallest absolute Gasteiger partial charge is 0.177 e. The van der Waals surface area contributed by atoms with Crippen molar-refractivity contribution in [3.63, 3.8) is 0 Å². The molecule has 7 rings (SSSR count). The van der Waals surface area contributed by atoms with Gasteiger partial charge in [0, 0.05) is 29.0 Å². The number of hydrogen-bond donors (Lipinski definition) is 1. The number of nitrogens with one attached hydrogen (secondary N) is 1. The van der Waals surface area contributed by atoms with Crippen LogP contribution in [0.1, 0.15) is 28.2 Å². The zero-order valence-electron chi connectivity index (χ0n) is 21.2. The van der Waals surface area contributed by atoms with Gasteiger partial charge in [-0.1, -0.05) is 61.2 Å². The van der Waals surface area contributed by atoms with E-state index in [1.807, 2.05) is 41.0 Å². The van der Waals surface area contributed by atoms with Crippen molar-refractivity contribution in [2.45, 2.75) is 19.3 Å². The Bertz CT molecular complexity index is 1970. The molecular weight excluding hydrogens is 482 g/mol. The maximum Gasteiger partial charge on any atom is 0.177 e. The first-order chi connectivity index (χ1) is 19.2. The SMILES string of the molecule is C=Cc1n[nH]c2cc(Cc3ccc4c(CCc5nnc6ccc(-c7ccccc7)nn56)ccnc4c3)ccc12. The number of hydrogen-bond acceptors (Lipinski definition) is 5. The Labute approximate surface area is 224 Å². The molecule has 1 N–H and O–H groups in total. The number of fused-ring (bicyclic) bond motifs is 3. The third kappa shape index (κ3) is 4.34. The first-order valence-corrected chi connectivity index (χ1v) is 13.0. The largest absolute Gasteiger partial charge is 0.277 e. The molecule has 0 saturated heterocycles. The molecule has 188 valence electrons.